The van der Waals surface area contributed by atoms with Crippen molar-refractivity contribution in [3.8, 4) is 0 Å². The van der Waals surface area contributed by atoms with Gasteiger partial charge in [-0.25, -0.2) is 0 Å². The summed E-state index contributed by atoms with van der Waals surface area (Å²) in [7, 11) is -6.71. The van der Waals surface area contributed by atoms with Crippen LogP contribution >= 0.6 is 15.2 Å². The van der Waals surface area contributed by atoms with Gasteiger partial charge >= 0.3 is 15.2 Å². The van der Waals surface area contributed by atoms with Crippen LogP contribution in [0.5, 0.6) is 0 Å². The Labute approximate surface area is 175 Å². The fraction of sp³-hybridized carbons (Fsp3) is 0.714. The third kappa shape index (κ3) is 6.50. The van der Waals surface area contributed by atoms with E-state index in [1.54, 1.807) is 0 Å². The van der Waals surface area contributed by atoms with Gasteiger partial charge in [-0.3, -0.25) is 9.13 Å². The fourth-order valence-corrected chi connectivity index (χ4v) is 9.30. The van der Waals surface area contributed by atoms with Crippen LogP contribution in [0.3, 0.4) is 0 Å². The Morgan fingerprint density at radius 3 is 1.90 bits per heavy atom. The van der Waals surface area contributed by atoms with Crippen molar-refractivity contribution in [2.45, 2.75) is 58.5 Å². The lowest BCUT2D eigenvalue weighted by molar-refractivity contribution is 0.181. The molecule has 3 atom stereocenters. The van der Waals surface area contributed by atoms with E-state index in [9.17, 15) is 9.13 Å². The van der Waals surface area contributed by atoms with Crippen LogP contribution in [-0.2, 0) is 27.2 Å². The van der Waals surface area contributed by atoms with Gasteiger partial charge in [0, 0.05) is 0 Å². The molecule has 0 aliphatic heterocycles. The summed E-state index contributed by atoms with van der Waals surface area (Å²) in [6.07, 6.45) is 2.87. The van der Waals surface area contributed by atoms with Gasteiger partial charge in [0.05, 0.1) is 38.2 Å². The van der Waals surface area contributed by atoms with Gasteiger partial charge in [0.2, 0.25) is 0 Å². The Morgan fingerprint density at radius 1 is 0.828 bits per heavy atom. The second-order valence-corrected chi connectivity index (χ2v) is 11.5. The molecule has 0 spiro atoms. The highest BCUT2D eigenvalue weighted by Gasteiger charge is 2.50. The average Bonchev–Trinajstić information content (AvgIpc) is 2.69. The lowest BCUT2D eigenvalue weighted by Gasteiger charge is -2.42. The summed E-state index contributed by atoms with van der Waals surface area (Å²) in [4.78, 5) is 0. The first-order valence-corrected chi connectivity index (χ1v) is 14.1. The zero-order chi connectivity index (χ0) is 21.3. The Morgan fingerprint density at radius 2 is 1.38 bits per heavy atom. The highest BCUT2D eigenvalue weighted by molar-refractivity contribution is 7.55. The van der Waals surface area contributed by atoms with E-state index < -0.39 is 15.2 Å². The molecule has 0 aromatic heterocycles. The molecule has 1 fully saturated rings. The van der Waals surface area contributed by atoms with E-state index in [1.807, 2.05) is 45.9 Å². The lowest BCUT2D eigenvalue weighted by Crippen LogP contribution is -2.36. The lowest BCUT2D eigenvalue weighted by atomic mass is 9.78. The molecule has 8 heteroatoms. The zero-order valence-electron chi connectivity index (χ0n) is 18.1. The monoisotopic (exact) mass is 446 g/mol. The topological polar surface area (TPSA) is 71.1 Å². The van der Waals surface area contributed by atoms with Gasteiger partial charge in [0.25, 0.3) is 0 Å². The van der Waals surface area contributed by atoms with Gasteiger partial charge in [-0.1, -0.05) is 36.8 Å². The van der Waals surface area contributed by atoms with Crippen molar-refractivity contribution >= 4 is 15.2 Å². The molecule has 0 bridgehead atoms. The van der Waals surface area contributed by atoms with Gasteiger partial charge in [0.1, 0.15) is 0 Å². The minimum absolute atomic E-state index is 0.00980. The molecular formula is C21H36O6P2. The molecule has 0 amide bonds. The largest absolute Gasteiger partial charge is 0.334 e. The number of rotatable bonds is 12. The van der Waals surface area contributed by atoms with E-state index in [4.69, 9.17) is 18.1 Å². The van der Waals surface area contributed by atoms with Gasteiger partial charge in [0.15, 0.2) is 0 Å². The van der Waals surface area contributed by atoms with Crippen molar-refractivity contribution in [1.29, 1.82) is 0 Å². The summed E-state index contributed by atoms with van der Waals surface area (Å²) in [6.45, 7) is 8.49. The standard InChI is InChI=1S/C21H36O6P2/c1-5-24-28(22,25-6-2)17-19-15-12-16-20(18-13-10-9-11-14-18)21(19)29(23,26-7-3)27-8-4/h9-11,13-14,19-21H,5-8,12,15-17H2,1-4H3/t19-,20-,21+/m0/s1. The van der Waals surface area contributed by atoms with Crippen LogP contribution < -0.4 is 0 Å². The summed E-state index contributed by atoms with van der Waals surface area (Å²) >= 11 is 0. The molecule has 0 heterocycles. The molecule has 0 unspecified atom stereocenters. The summed E-state index contributed by atoms with van der Waals surface area (Å²) in [5.74, 6) is -0.127. The van der Waals surface area contributed by atoms with Gasteiger partial charge < -0.3 is 18.1 Å². The molecule has 166 valence electrons. The van der Waals surface area contributed by atoms with Crippen LogP contribution in [0.15, 0.2) is 30.3 Å². The van der Waals surface area contributed by atoms with E-state index in [0.29, 0.717) is 26.4 Å². The van der Waals surface area contributed by atoms with Crippen LogP contribution in [0.2, 0.25) is 0 Å². The van der Waals surface area contributed by atoms with Crippen molar-refractivity contribution in [2.75, 3.05) is 32.6 Å². The van der Waals surface area contributed by atoms with E-state index in [-0.39, 0.29) is 23.7 Å². The number of hydrogen-bond donors (Lipinski definition) is 0. The summed E-state index contributed by atoms with van der Waals surface area (Å²) in [5, 5.41) is 0. The molecule has 1 aliphatic rings. The highest BCUT2D eigenvalue weighted by Crippen LogP contribution is 2.65. The second kappa shape index (κ2) is 11.8. The van der Waals surface area contributed by atoms with Crippen LogP contribution in [-0.4, -0.2) is 38.2 Å². The third-order valence-corrected chi connectivity index (χ3v) is 10.3. The third-order valence-electron chi connectivity index (χ3n) is 5.31. The van der Waals surface area contributed by atoms with Crippen LogP contribution in [0.1, 0.15) is 58.4 Å². The SMILES string of the molecule is CCOP(=O)(C[C@@H]1CCC[C@@H](c2ccccc2)[C@@H]1P(=O)(OCC)OCC)OCC. The van der Waals surface area contributed by atoms with Crippen molar-refractivity contribution in [3.05, 3.63) is 35.9 Å². The second-order valence-electron chi connectivity index (χ2n) is 7.20. The Bertz CT molecular complexity index is 676. The molecule has 6 nitrogen and oxygen atoms in total. The maximum Gasteiger partial charge on any atom is 0.334 e. The molecule has 1 aromatic rings. The maximum atomic E-state index is 13.9. The molecule has 1 aliphatic carbocycles. The van der Waals surface area contributed by atoms with E-state index in [0.717, 1.165) is 24.8 Å². The molecule has 0 N–H and O–H groups in total. The van der Waals surface area contributed by atoms with Crippen molar-refractivity contribution in [2.24, 2.45) is 5.92 Å². The van der Waals surface area contributed by atoms with E-state index >= 15 is 0 Å². The van der Waals surface area contributed by atoms with Crippen molar-refractivity contribution in [1.82, 2.24) is 0 Å². The predicted octanol–water partition coefficient (Wildman–Crippen LogP) is 6.47. The van der Waals surface area contributed by atoms with Crippen LogP contribution in [0.25, 0.3) is 0 Å². The number of benzene rings is 1. The average molecular weight is 446 g/mol. The summed E-state index contributed by atoms with van der Waals surface area (Å²) in [5.41, 5.74) is 0.734. The minimum atomic E-state index is -3.43. The minimum Gasteiger partial charge on any atom is -0.309 e. The molecule has 2 rings (SSSR count). The zero-order valence-corrected chi connectivity index (χ0v) is 19.9. The quantitative estimate of drug-likeness (QED) is 0.343. The number of hydrogen-bond acceptors (Lipinski definition) is 6. The molecule has 1 saturated carbocycles. The highest BCUT2D eigenvalue weighted by atomic mass is 31.2. The molecule has 1 aromatic carbocycles. The smallest absolute Gasteiger partial charge is 0.309 e. The molecule has 0 saturated heterocycles. The first kappa shape index (κ1) is 24.8. The van der Waals surface area contributed by atoms with Crippen molar-refractivity contribution in [3.63, 3.8) is 0 Å². The Kier molecular flexibility index (Phi) is 10.1. The maximum absolute atomic E-state index is 13.9. The van der Waals surface area contributed by atoms with Gasteiger partial charge in [-0.2, -0.15) is 0 Å². The van der Waals surface area contributed by atoms with E-state index in [1.165, 1.54) is 0 Å². The normalized spacial score (nSPS) is 23.2. The molecule has 29 heavy (non-hydrogen) atoms. The Balaban J connectivity index is 2.46. The molecule has 0 radical (unpaired) electrons. The van der Waals surface area contributed by atoms with Crippen molar-refractivity contribution < 1.29 is 27.2 Å². The van der Waals surface area contributed by atoms with Gasteiger partial charge in [-0.05, 0) is 57.9 Å². The first-order valence-electron chi connectivity index (χ1n) is 10.7. The van der Waals surface area contributed by atoms with E-state index in [2.05, 4.69) is 12.1 Å². The Hall–Kier alpha value is -0.480. The molecular weight excluding hydrogens is 410 g/mol. The summed E-state index contributed by atoms with van der Waals surface area (Å²) < 4.78 is 49.9. The fourth-order valence-electron chi connectivity index (χ4n) is 4.40. The van der Waals surface area contributed by atoms with Crippen LogP contribution in [0.4, 0.5) is 0 Å². The predicted molar refractivity (Wildman–Crippen MR) is 117 cm³/mol. The first-order chi connectivity index (χ1) is 13.9. The van der Waals surface area contributed by atoms with Gasteiger partial charge in [-0.15, -0.1) is 0 Å². The van der Waals surface area contributed by atoms with Crippen LogP contribution in [0, 0.1) is 5.92 Å². The summed E-state index contributed by atoms with van der Waals surface area (Å²) in [6, 6.07) is 10.1.